The van der Waals surface area contributed by atoms with Gasteiger partial charge in [-0.05, 0) is 58.1 Å². The number of rotatable bonds is 11. The standard InChI is InChI=1S/C27H34F2N4O6/c1-4-38-21-6-5-19(28)25(24(21)29)39-18-14-23(34)33(15-18)20(13-17-8-11-37-12-9-17)26(35)30-22-7-10-32(31-22)16-27(2,3)36/h5-7,10,14,17,20,36H,4,8-9,11-13,15-16H2,1-3H3,(H,30,31,35)/t20-/m0/s1. The third kappa shape index (κ3) is 7.33. The summed E-state index contributed by atoms with van der Waals surface area (Å²) in [4.78, 5) is 27.8. The van der Waals surface area contributed by atoms with E-state index in [1.54, 1.807) is 33.0 Å². The molecule has 212 valence electrons. The minimum Gasteiger partial charge on any atom is -0.491 e. The molecule has 2 aliphatic heterocycles. The highest BCUT2D eigenvalue weighted by molar-refractivity contribution is 5.99. The van der Waals surface area contributed by atoms with Gasteiger partial charge in [0, 0.05) is 31.6 Å². The lowest BCUT2D eigenvalue weighted by molar-refractivity contribution is -0.134. The summed E-state index contributed by atoms with van der Waals surface area (Å²) < 4.78 is 46.8. The van der Waals surface area contributed by atoms with E-state index >= 15 is 0 Å². The fourth-order valence-corrected chi connectivity index (χ4v) is 4.64. The van der Waals surface area contributed by atoms with Crippen molar-refractivity contribution in [2.24, 2.45) is 5.92 Å². The monoisotopic (exact) mass is 548 g/mol. The number of anilines is 1. The van der Waals surface area contributed by atoms with E-state index in [4.69, 9.17) is 14.2 Å². The molecule has 1 fully saturated rings. The van der Waals surface area contributed by atoms with Gasteiger partial charge in [0.05, 0.1) is 25.3 Å². The Morgan fingerprint density at radius 3 is 2.72 bits per heavy atom. The average Bonchev–Trinajstić information content (AvgIpc) is 3.46. The number of carbonyl (C=O) groups excluding carboxylic acids is 2. The largest absolute Gasteiger partial charge is 0.491 e. The number of carbonyl (C=O) groups is 2. The summed E-state index contributed by atoms with van der Waals surface area (Å²) in [6, 6.07) is 2.90. The highest BCUT2D eigenvalue weighted by atomic mass is 19.1. The van der Waals surface area contributed by atoms with Crippen LogP contribution in [-0.4, -0.2) is 69.6 Å². The van der Waals surface area contributed by atoms with Crippen molar-refractivity contribution in [2.45, 2.75) is 58.2 Å². The van der Waals surface area contributed by atoms with Crippen molar-refractivity contribution in [1.82, 2.24) is 14.7 Å². The van der Waals surface area contributed by atoms with Crippen molar-refractivity contribution >= 4 is 17.6 Å². The predicted molar refractivity (Wildman–Crippen MR) is 137 cm³/mol. The molecule has 4 rings (SSSR count). The molecule has 0 saturated carbocycles. The first-order chi connectivity index (χ1) is 18.5. The lowest BCUT2D eigenvalue weighted by atomic mass is 9.91. The lowest BCUT2D eigenvalue weighted by Crippen LogP contribution is -2.47. The maximum absolute atomic E-state index is 14.8. The Balaban J connectivity index is 1.51. The molecule has 2 aromatic rings. The molecule has 2 N–H and O–H groups in total. The van der Waals surface area contributed by atoms with Gasteiger partial charge in [0.15, 0.2) is 17.4 Å². The molecule has 1 aromatic heterocycles. The number of hydrogen-bond acceptors (Lipinski definition) is 7. The van der Waals surface area contributed by atoms with Crippen LogP contribution in [0.5, 0.6) is 11.5 Å². The Bertz CT molecular complexity index is 1220. The van der Waals surface area contributed by atoms with Gasteiger partial charge in [0.2, 0.25) is 17.5 Å². The van der Waals surface area contributed by atoms with E-state index in [-0.39, 0.29) is 42.9 Å². The first kappa shape index (κ1) is 28.5. The molecule has 0 aliphatic carbocycles. The van der Waals surface area contributed by atoms with Gasteiger partial charge in [-0.1, -0.05) is 0 Å². The summed E-state index contributed by atoms with van der Waals surface area (Å²) in [7, 11) is 0. The summed E-state index contributed by atoms with van der Waals surface area (Å²) in [5.74, 6) is -3.35. The van der Waals surface area contributed by atoms with Gasteiger partial charge in [-0.25, -0.2) is 4.39 Å². The topological polar surface area (TPSA) is 115 Å². The molecule has 0 unspecified atom stereocenters. The smallest absolute Gasteiger partial charge is 0.251 e. The van der Waals surface area contributed by atoms with Crippen molar-refractivity contribution in [1.29, 1.82) is 0 Å². The van der Waals surface area contributed by atoms with E-state index in [2.05, 4.69) is 10.4 Å². The minimum absolute atomic E-state index is 0.00526. The summed E-state index contributed by atoms with van der Waals surface area (Å²) in [5, 5.41) is 17.1. The van der Waals surface area contributed by atoms with E-state index < -0.39 is 40.8 Å². The number of amides is 2. The first-order valence-corrected chi connectivity index (χ1v) is 13.0. The van der Waals surface area contributed by atoms with Crippen LogP contribution in [0.15, 0.2) is 36.2 Å². The molecule has 3 heterocycles. The maximum atomic E-state index is 14.8. The Hall–Kier alpha value is -3.51. The van der Waals surface area contributed by atoms with Crippen LogP contribution in [0.2, 0.25) is 0 Å². The molecule has 0 bridgehead atoms. The zero-order valence-corrected chi connectivity index (χ0v) is 22.3. The number of nitrogens with zero attached hydrogens (tertiary/aromatic N) is 3. The van der Waals surface area contributed by atoms with Gasteiger partial charge >= 0.3 is 0 Å². The molecule has 0 spiro atoms. The zero-order chi connectivity index (χ0) is 28.2. The Morgan fingerprint density at radius 2 is 2.03 bits per heavy atom. The zero-order valence-electron chi connectivity index (χ0n) is 22.3. The SMILES string of the molecule is CCOc1ccc(F)c(OC2=CC(=O)N([C@@H](CC3CCOCC3)C(=O)Nc3ccn(CC(C)(C)O)n3)C2)c1F. The highest BCUT2D eigenvalue weighted by Gasteiger charge is 2.37. The van der Waals surface area contributed by atoms with E-state index in [0.717, 1.165) is 25.0 Å². The minimum atomic E-state index is -1.01. The molecule has 2 aliphatic rings. The fraction of sp³-hybridized carbons (Fsp3) is 0.519. The second-order valence-electron chi connectivity index (χ2n) is 10.3. The number of hydrogen-bond donors (Lipinski definition) is 2. The molecule has 12 heteroatoms. The quantitative estimate of drug-likeness (QED) is 0.443. The van der Waals surface area contributed by atoms with Crippen LogP contribution in [0, 0.1) is 17.6 Å². The van der Waals surface area contributed by atoms with Crippen molar-refractivity contribution in [3.8, 4) is 11.5 Å². The number of ether oxygens (including phenoxy) is 3. The van der Waals surface area contributed by atoms with Gasteiger partial charge in [-0.2, -0.15) is 9.49 Å². The Morgan fingerprint density at radius 1 is 1.28 bits per heavy atom. The molecule has 39 heavy (non-hydrogen) atoms. The number of aromatic nitrogens is 2. The summed E-state index contributed by atoms with van der Waals surface area (Å²) in [6.07, 6.45) is 4.62. The van der Waals surface area contributed by atoms with E-state index in [0.29, 0.717) is 19.6 Å². The van der Waals surface area contributed by atoms with Crippen molar-refractivity contribution in [3.63, 3.8) is 0 Å². The Labute approximate surface area is 225 Å². The third-order valence-corrected chi connectivity index (χ3v) is 6.46. The molecule has 1 saturated heterocycles. The van der Waals surface area contributed by atoms with Crippen LogP contribution in [0.1, 0.15) is 40.0 Å². The van der Waals surface area contributed by atoms with Crippen LogP contribution in [-0.2, 0) is 20.9 Å². The molecular formula is C27H34F2N4O6. The average molecular weight is 549 g/mol. The normalized spacial score (nSPS) is 17.2. The third-order valence-electron chi connectivity index (χ3n) is 6.46. The molecule has 0 radical (unpaired) electrons. The van der Waals surface area contributed by atoms with E-state index in [1.165, 1.54) is 15.6 Å². The van der Waals surface area contributed by atoms with Crippen LogP contribution < -0.4 is 14.8 Å². The predicted octanol–water partition coefficient (Wildman–Crippen LogP) is 3.26. The molecule has 10 nitrogen and oxygen atoms in total. The van der Waals surface area contributed by atoms with Crippen LogP contribution in [0.4, 0.5) is 14.6 Å². The number of aliphatic hydroxyl groups is 1. The molecule has 1 atom stereocenters. The highest BCUT2D eigenvalue weighted by Crippen LogP contribution is 2.33. The summed E-state index contributed by atoms with van der Waals surface area (Å²) in [6.45, 7) is 6.34. The van der Waals surface area contributed by atoms with Gasteiger partial charge in [0.1, 0.15) is 11.8 Å². The van der Waals surface area contributed by atoms with E-state index in [1.807, 2.05) is 0 Å². The van der Waals surface area contributed by atoms with Crippen LogP contribution in [0.25, 0.3) is 0 Å². The second-order valence-corrected chi connectivity index (χ2v) is 10.3. The first-order valence-electron chi connectivity index (χ1n) is 13.0. The van der Waals surface area contributed by atoms with Gasteiger partial charge in [-0.15, -0.1) is 0 Å². The fourth-order valence-electron chi connectivity index (χ4n) is 4.64. The van der Waals surface area contributed by atoms with Crippen LogP contribution >= 0.6 is 0 Å². The summed E-state index contributed by atoms with van der Waals surface area (Å²) >= 11 is 0. The van der Waals surface area contributed by atoms with Crippen molar-refractivity contribution in [3.05, 3.63) is 47.9 Å². The van der Waals surface area contributed by atoms with Crippen molar-refractivity contribution in [2.75, 3.05) is 31.7 Å². The van der Waals surface area contributed by atoms with Gasteiger partial charge < -0.3 is 29.5 Å². The van der Waals surface area contributed by atoms with Gasteiger partial charge in [0.25, 0.3) is 5.91 Å². The van der Waals surface area contributed by atoms with Crippen LogP contribution in [0.3, 0.4) is 0 Å². The van der Waals surface area contributed by atoms with Gasteiger partial charge in [-0.3, -0.25) is 14.3 Å². The number of benzene rings is 1. The maximum Gasteiger partial charge on any atom is 0.251 e. The number of halogens is 2. The molecule has 1 aromatic carbocycles. The van der Waals surface area contributed by atoms with Crippen molar-refractivity contribution < 1.29 is 37.7 Å². The second kappa shape index (κ2) is 12.1. The molecular weight excluding hydrogens is 514 g/mol. The lowest BCUT2D eigenvalue weighted by Gasteiger charge is -2.31. The Kier molecular flexibility index (Phi) is 8.86. The molecule has 2 amide bonds. The summed E-state index contributed by atoms with van der Waals surface area (Å²) in [5.41, 5.74) is -0.996. The number of nitrogens with one attached hydrogen (secondary N) is 1. The van der Waals surface area contributed by atoms with E-state index in [9.17, 15) is 23.5 Å².